The summed E-state index contributed by atoms with van der Waals surface area (Å²) < 4.78 is 46.3. The highest BCUT2D eigenvalue weighted by Gasteiger charge is 2.47. The van der Waals surface area contributed by atoms with E-state index in [0.717, 1.165) is 19.3 Å². The standard InChI is InChI=1S/C21H25F3N4O3/c22-21(23,24)18(14-4-2-1-3-5-14)31-17-11-16(27-20(26)28-17)13-8-6-12(7-9-13)10-15(25)19(29)30/h6-9,11,14-15,18H,1-5,10,25H2,(H,29,30)(H2,26,27,28). The number of carboxylic acids is 1. The van der Waals surface area contributed by atoms with Gasteiger partial charge >= 0.3 is 12.1 Å². The molecular weight excluding hydrogens is 413 g/mol. The molecule has 2 atom stereocenters. The van der Waals surface area contributed by atoms with Crippen LogP contribution in [0.15, 0.2) is 30.3 Å². The van der Waals surface area contributed by atoms with E-state index in [-0.39, 0.29) is 18.2 Å². The molecule has 5 N–H and O–H groups in total. The number of benzene rings is 1. The molecule has 3 rings (SSSR count). The first-order chi connectivity index (χ1) is 14.6. The molecule has 1 saturated carbocycles. The molecule has 0 saturated heterocycles. The summed E-state index contributed by atoms with van der Waals surface area (Å²) in [6.07, 6.45) is -2.99. The maximum atomic E-state index is 13.7. The van der Waals surface area contributed by atoms with Crippen molar-refractivity contribution in [3.05, 3.63) is 35.9 Å². The molecule has 1 fully saturated rings. The number of halogens is 3. The summed E-state index contributed by atoms with van der Waals surface area (Å²) in [6, 6.07) is 6.99. The number of carboxylic acid groups (broad SMARTS) is 1. The molecular formula is C21H25F3N4O3. The highest BCUT2D eigenvalue weighted by atomic mass is 19.4. The summed E-state index contributed by atoms with van der Waals surface area (Å²) in [7, 11) is 0. The van der Waals surface area contributed by atoms with Crippen LogP contribution in [0.5, 0.6) is 5.88 Å². The van der Waals surface area contributed by atoms with Crippen molar-refractivity contribution in [2.24, 2.45) is 11.7 Å². The number of ether oxygens (including phenoxy) is 1. The van der Waals surface area contributed by atoms with Crippen LogP contribution in [-0.2, 0) is 11.2 Å². The monoisotopic (exact) mass is 438 g/mol. The van der Waals surface area contributed by atoms with E-state index in [2.05, 4.69) is 9.97 Å². The topological polar surface area (TPSA) is 124 Å². The van der Waals surface area contributed by atoms with Gasteiger partial charge in [-0.2, -0.15) is 18.2 Å². The van der Waals surface area contributed by atoms with Gasteiger partial charge in [0, 0.05) is 17.5 Å². The van der Waals surface area contributed by atoms with Crippen molar-refractivity contribution >= 4 is 11.9 Å². The van der Waals surface area contributed by atoms with Gasteiger partial charge in [0.2, 0.25) is 11.8 Å². The van der Waals surface area contributed by atoms with Crippen molar-refractivity contribution in [1.82, 2.24) is 9.97 Å². The van der Waals surface area contributed by atoms with Crippen molar-refractivity contribution in [1.29, 1.82) is 0 Å². The van der Waals surface area contributed by atoms with E-state index in [1.165, 1.54) is 6.07 Å². The van der Waals surface area contributed by atoms with Crippen LogP contribution >= 0.6 is 0 Å². The average Bonchev–Trinajstić information content (AvgIpc) is 2.72. The Bertz CT molecular complexity index is 900. The first-order valence-electron chi connectivity index (χ1n) is 10.1. The van der Waals surface area contributed by atoms with Crippen molar-refractivity contribution in [3.8, 4) is 17.1 Å². The van der Waals surface area contributed by atoms with Gasteiger partial charge in [-0.05, 0) is 24.8 Å². The Balaban J connectivity index is 1.81. The lowest BCUT2D eigenvalue weighted by Gasteiger charge is -2.31. The highest BCUT2D eigenvalue weighted by molar-refractivity contribution is 5.73. The lowest BCUT2D eigenvalue weighted by atomic mass is 9.85. The van der Waals surface area contributed by atoms with E-state index < -0.39 is 30.2 Å². The van der Waals surface area contributed by atoms with Gasteiger partial charge in [-0.3, -0.25) is 4.79 Å². The number of aliphatic carboxylic acids is 1. The number of alkyl halides is 3. The zero-order valence-electron chi connectivity index (χ0n) is 16.8. The molecule has 0 spiro atoms. The lowest BCUT2D eigenvalue weighted by molar-refractivity contribution is -0.213. The van der Waals surface area contributed by atoms with Gasteiger partial charge in [-0.25, -0.2) is 4.98 Å². The summed E-state index contributed by atoms with van der Waals surface area (Å²) in [5, 5.41) is 8.91. The van der Waals surface area contributed by atoms with Crippen LogP contribution in [0.4, 0.5) is 19.1 Å². The first-order valence-corrected chi connectivity index (χ1v) is 10.1. The van der Waals surface area contributed by atoms with Gasteiger partial charge in [-0.1, -0.05) is 43.5 Å². The summed E-state index contributed by atoms with van der Waals surface area (Å²) in [5.41, 5.74) is 12.8. The number of carbonyl (C=O) groups is 1. The van der Waals surface area contributed by atoms with Crippen LogP contribution in [0.3, 0.4) is 0 Å². The van der Waals surface area contributed by atoms with Gasteiger partial charge in [0.25, 0.3) is 0 Å². The number of nitrogen functional groups attached to an aromatic ring is 1. The van der Waals surface area contributed by atoms with Crippen molar-refractivity contribution < 1.29 is 27.8 Å². The van der Waals surface area contributed by atoms with Crippen molar-refractivity contribution in [3.63, 3.8) is 0 Å². The number of rotatable bonds is 7. The minimum absolute atomic E-state index is 0.143. The smallest absolute Gasteiger partial charge is 0.425 e. The Kier molecular flexibility index (Phi) is 6.99. The van der Waals surface area contributed by atoms with Crippen molar-refractivity contribution in [2.75, 3.05) is 5.73 Å². The first kappa shape index (κ1) is 22.8. The molecule has 1 heterocycles. The number of hydrogen-bond donors (Lipinski definition) is 3. The fourth-order valence-corrected chi connectivity index (χ4v) is 3.80. The third-order valence-corrected chi connectivity index (χ3v) is 5.39. The van der Waals surface area contributed by atoms with Crippen LogP contribution in [0.25, 0.3) is 11.3 Å². The Morgan fingerprint density at radius 1 is 1.16 bits per heavy atom. The quantitative estimate of drug-likeness (QED) is 0.604. The van der Waals surface area contributed by atoms with Crippen molar-refractivity contribution in [2.45, 2.75) is 56.8 Å². The highest BCUT2D eigenvalue weighted by Crippen LogP contribution is 2.37. The molecule has 168 valence electrons. The molecule has 0 radical (unpaired) electrons. The Morgan fingerprint density at radius 3 is 2.39 bits per heavy atom. The van der Waals surface area contributed by atoms with Gasteiger partial charge in [0.1, 0.15) is 6.04 Å². The second-order valence-corrected chi connectivity index (χ2v) is 7.77. The molecule has 1 aliphatic rings. The Hall–Kier alpha value is -2.88. The Labute approximate surface area is 177 Å². The summed E-state index contributed by atoms with van der Waals surface area (Å²) in [4.78, 5) is 18.8. The maximum Gasteiger partial charge on any atom is 0.425 e. The molecule has 0 amide bonds. The predicted octanol–water partition coefficient (Wildman–Crippen LogP) is 3.57. The van der Waals surface area contributed by atoms with E-state index in [1.807, 2.05) is 0 Å². The molecule has 2 unspecified atom stereocenters. The second kappa shape index (κ2) is 9.51. The molecule has 7 nitrogen and oxygen atoms in total. The van der Waals surface area contributed by atoms with Gasteiger partial charge < -0.3 is 21.3 Å². The van der Waals surface area contributed by atoms with E-state index in [4.69, 9.17) is 21.3 Å². The van der Waals surface area contributed by atoms with E-state index >= 15 is 0 Å². The zero-order valence-corrected chi connectivity index (χ0v) is 16.8. The SMILES string of the molecule is Nc1nc(OC(C2CCCCC2)C(F)(F)F)cc(-c2ccc(CC(N)C(=O)O)cc2)n1. The van der Waals surface area contributed by atoms with Crippen LogP contribution < -0.4 is 16.2 Å². The number of hydrogen-bond acceptors (Lipinski definition) is 6. The molecule has 31 heavy (non-hydrogen) atoms. The minimum atomic E-state index is -4.52. The summed E-state index contributed by atoms with van der Waals surface area (Å²) >= 11 is 0. The van der Waals surface area contributed by atoms with Gasteiger partial charge in [0.15, 0.2) is 6.10 Å². The molecule has 1 aromatic carbocycles. The lowest BCUT2D eigenvalue weighted by Crippen LogP contribution is -2.42. The Morgan fingerprint density at radius 2 is 1.81 bits per heavy atom. The van der Waals surface area contributed by atoms with Gasteiger partial charge in [0.05, 0.1) is 5.69 Å². The zero-order chi connectivity index (χ0) is 22.6. The number of nitrogens with zero attached hydrogens (tertiary/aromatic N) is 2. The van der Waals surface area contributed by atoms with E-state index in [9.17, 15) is 18.0 Å². The van der Waals surface area contributed by atoms with Gasteiger partial charge in [-0.15, -0.1) is 0 Å². The fraction of sp³-hybridized carbons (Fsp3) is 0.476. The third-order valence-electron chi connectivity index (χ3n) is 5.39. The largest absolute Gasteiger partial charge is 0.480 e. The number of anilines is 1. The molecule has 2 aromatic rings. The third kappa shape index (κ3) is 6.06. The molecule has 10 heteroatoms. The molecule has 0 bridgehead atoms. The van der Waals surface area contributed by atoms with Crippen LogP contribution in [0.2, 0.25) is 0 Å². The maximum absolute atomic E-state index is 13.7. The van der Waals surface area contributed by atoms with Crippen LogP contribution in [-0.4, -0.2) is 39.4 Å². The summed E-state index contributed by atoms with van der Waals surface area (Å²) in [5.74, 6) is -2.15. The number of nitrogens with two attached hydrogens (primary N) is 2. The normalized spacial score (nSPS) is 17.2. The fourth-order valence-electron chi connectivity index (χ4n) is 3.80. The summed E-state index contributed by atoms with van der Waals surface area (Å²) in [6.45, 7) is 0. The van der Waals surface area contributed by atoms with Crippen LogP contribution in [0, 0.1) is 5.92 Å². The predicted molar refractivity (Wildman–Crippen MR) is 108 cm³/mol. The molecule has 1 aromatic heterocycles. The second-order valence-electron chi connectivity index (χ2n) is 7.77. The average molecular weight is 438 g/mol. The van der Waals surface area contributed by atoms with Crippen LogP contribution in [0.1, 0.15) is 37.7 Å². The van der Waals surface area contributed by atoms with E-state index in [0.29, 0.717) is 29.7 Å². The number of aromatic nitrogens is 2. The minimum Gasteiger partial charge on any atom is -0.480 e. The van der Waals surface area contributed by atoms with E-state index in [1.54, 1.807) is 24.3 Å². The molecule has 1 aliphatic carbocycles. The molecule has 0 aliphatic heterocycles.